The molecule has 2 aliphatic rings. The van der Waals surface area contributed by atoms with E-state index < -0.39 is 5.41 Å². The van der Waals surface area contributed by atoms with Crippen LogP contribution in [0, 0.1) is 28.6 Å². The Hall–Kier alpha value is -1.04. The molecule has 3 heteroatoms. The molecule has 0 spiro atoms. The van der Waals surface area contributed by atoms with E-state index in [1.165, 1.54) is 0 Å². The lowest BCUT2D eigenvalue weighted by molar-refractivity contribution is -0.142. The van der Waals surface area contributed by atoms with Crippen molar-refractivity contribution in [3.8, 4) is 6.07 Å². The molecule has 2 fully saturated rings. The van der Waals surface area contributed by atoms with Crippen molar-refractivity contribution in [1.29, 1.82) is 5.26 Å². The molecule has 1 saturated carbocycles. The van der Waals surface area contributed by atoms with Crippen LogP contribution >= 0.6 is 0 Å². The number of nitrogens with zero attached hydrogens (tertiary/aromatic N) is 2. The molecule has 17 heavy (non-hydrogen) atoms. The summed E-state index contributed by atoms with van der Waals surface area (Å²) in [5.74, 6) is 1.24. The lowest BCUT2D eigenvalue weighted by Gasteiger charge is -2.36. The molecule has 1 heterocycles. The van der Waals surface area contributed by atoms with Gasteiger partial charge >= 0.3 is 0 Å². The number of amides is 1. The Bertz CT molecular complexity index is 305. The van der Waals surface area contributed by atoms with Crippen LogP contribution in [0.1, 0.15) is 47.0 Å². The van der Waals surface area contributed by atoms with Gasteiger partial charge in [-0.25, -0.2) is 0 Å². The molecular formula is C14H24N2O. The van der Waals surface area contributed by atoms with E-state index in [2.05, 4.69) is 19.9 Å². The lowest BCUT2D eigenvalue weighted by atomic mass is 9.69. The number of nitriles is 1. The molecule has 2 atom stereocenters. The Morgan fingerprint density at radius 2 is 1.71 bits per heavy atom. The average Bonchev–Trinajstić information content (AvgIpc) is 2.61. The zero-order valence-electron chi connectivity index (χ0n) is 11.5. The third-order valence-corrected chi connectivity index (χ3v) is 4.11. The quantitative estimate of drug-likeness (QED) is 0.702. The Kier molecular flexibility index (Phi) is 4.56. The summed E-state index contributed by atoms with van der Waals surface area (Å²) in [6.45, 7) is 10.0. The van der Waals surface area contributed by atoms with Crippen LogP contribution in [0.5, 0.6) is 0 Å². The third kappa shape index (κ3) is 2.46. The van der Waals surface area contributed by atoms with Gasteiger partial charge in [0.1, 0.15) is 5.41 Å². The van der Waals surface area contributed by atoms with Crippen molar-refractivity contribution < 1.29 is 4.79 Å². The second kappa shape index (κ2) is 5.53. The van der Waals surface area contributed by atoms with Gasteiger partial charge in [0.05, 0.1) is 6.07 Å². The fourth-order valence-corrected chi connectivity index (χ4v) is 2.50. The summed E-state index contributed by atoms with van der Waals surface area (Å²) in [4.78, 5) is 14.1. The average molecular weight is 236 g/mol. The topological polar surface area (TPSA) is 44.1 Å². The van der Waals surface area contributed by atoms with Crippen LogP contribution in [0.15, 0.2) is 0 Å². The van der Waals surface area contributed by atoms with Gasteiger partial charge in [-0.1, -0.05) is 27.7 Å². The molecule has 0 bridgehead atoms. The molecule has 1 amide bonds. The summed E-state index contributed by atoms with van der Waals surface area (Å²) >= 11 is 0. The Morgan fingerprint density at radius 3 is 2.00 bits per heavy atom. The maximum atomic E-state index is 12.2. The highest BCUT2D eigenvalue weighted by atomic mass is 16.2. The van der Waals surface area contributed by atoms with E-state index in [0.717, 1.165) is 32.4 Å². The summed E-state index contributed by atoms with van der Waals surface area (Å²) in [7, 11) is 0. The molecule has 96 valence electrons. The molecule has 0 aromatic heterocycles. The van der Waals surface area contributed by atoms with Crippen LogP contribution in [-0.2, 0) is 4.79 Å². The summed E-state index contributed by atoms with van der Waals surface area (Å²) in [5.41, 5.74) is -0.649. The summed E-state index contributed by atoms with van der Waals surface area (Å²) in [6, 6.07) is 2.23. The van der Waals surface area contributed by atoms with Crippen molar-refractivity contribution in [3.05, 3.63) is 0 Å². The summed E-state index contributed by atoms with van der Waals surface area (Å²) < 4.78 is 0. The molecular weight excluding hydrogens is 212 g/mol. The predicted octanol–water partition coefficient (Wildman–Crippen LogP) is 2.82. The highest BCUT2D eigenvalue weighted by Crippen LogP contribution is 2.43. The Balaban J connectivity index is 0.000000686. The minimum Gasteiger partial charge on any atom is -0.341 e. The Labute approximate surface area is 105 Å². The summed E-state index contributed by atoms with van der Waals surface area (Å²) in [5, 5.41) is 9.10. The zero-order chi connectivity index (χ0) is 13.1. The van der Waals surface area contributed by atoms with Crippen molar-refractivity contribution in [2.24, 2.45) is 17.3 Å². The first kappa shape index (κ1) is 14.0. The predicted molar refractivity (Wildman–Crippen MR) is 68.2 cm³/mol. The fourth-order valence-electron chi connectivity index (χ4n) is 2.50. The van der Waals surface area contributed by atoms with E-state index in [9.17, 15) is 4.79 Å². The highest BCUT2D eigenvalue weighted by Gasteiger charge is 2.48. The van der Waals surface area contributed by atoms with Gasteiger partial charge in [-0.05, 0) is 31.1 Å². The first-order chi connectivity index (χ1) is 8.09. The van der Waals surface area contributed by atoms with Crippen molar-refractivity contribution in [2.45, 2.75) is 47.0 Å². The smallest absolute Gasteiger partial charge is 0.243 e. The van der Waals surface area contributed by atoms with Gasteiger partial charge in [-0.2, -0.15) is 5.26 Å². The number of likely N-dealkylation sites (tertiary alicyclic amines) is 1. The number of hydrogen-bond donors (Lipinski definition) is 0. The van der Waals surface area contributed by atoms with E-state index in [0.29, 0.717) is 11.8 Å². The minimum absolute atomic E-state index is 0.0902. The molecule has 0 radical (unpaired) electrons. The van der Waals surface area contributed by atoms with E-state index in [1.807, 2.05) is 18.7 Å². The third-order valence-electron chi connectivity index (χ3n) is 4.11. The number of carbonyl (C=O) groups is 1. The molecule has 2 unspecified atom stereocenters. The normalized spacial score (nSPS) is 29.7. The van der Waals surface area contributed by atoms with E-state index in [4.69, 9.17) is 5.26 Å². The highest BCUT2D eigenvalue weighted by molar-refractivity contribution is 5.86. The maximum absolute atomic E-state index is 12.2. The van der Waals surface area contributed by atoms with Crippen molar-refractivity contribution >= 4 is 5.91 Å². The SMILES string of the molecule is CC.CC1CN(C(=O)C2(C#N)CCC2)CC1C. The second-order valence-corrected chi connectivity index (χ2v) is 5.21. The summed E-state index contributed by atoms with van der Waals surface area (Å²) in [6.07, 6.45) is 2.56. The lowest BCUT2D eigenvalue weighted by Crippen LogP contribution is -2.46. The number of hydrogen-bond acceptors (Lipinski definition) is 2. The van der Waals surface area contributed by atoms with Gasteiger partial charge in [0.15, 0.2) is 0 Å². The van der Waals surface area contributed by atoms with E-state index >= 15 is 0 Å². The number of rotatable bonds is 1. The molecule has 1 aliphatic carbocycles. The van der Waals surface area contributed by atoms with Crippen molar-refractivity contribution in [1.82, 2.24) is 4.90 Å². The van der Waals surface area contributed by atoms with Crippen LogP contribution < -0.4 is 0 Å². The maximum Gasteiger partial charge on any atom is 0.243 e. The van der Waals surface area contributed by atoms with E-state index in [1.54, 1.807) is 0 Å². The first-order valence-corrected chi connectivity index (χ1v) is 6.80. The van der Waals surface area contributed by atoms with Crippen LogP contribution in [-0.4, -0.2) is 23.9 Å². The Morgan fingerprint density at radius 1 is 1.24 bits per heavy atom. The molecule has 3 nitrogen and oxygen atoms in total. The van der Waals surface area contributed by atoms with Gasteiger partial charge in [-0.3, -0.25) is 4.79 Å². The fraction of sp³-hybridized carbons (Fsp3) is 0.857. The van der Waals surface area contributed by atoms with Crippen LogP contribution in [0.25, 0.3) is 0 Å². The van der Waals surface area contributed by atoms with Gasteiger partial charge in [0, 0.05) is 13.1 Å². The van der Waals surface area contributed by atoms with Crippen LogP contribution in [0.4, 0.5) is 0 Å². The second-order valence-electron chi connectivity index (χ2n) is 5.21. The molecule has 1 saturated heterocycles. The minimum atomic E-state index is -0.649. The van der Waals surface area contributed by atoms with Crippen LogP contribution in [0.2, 0.25) is 0 Å². The van der Waals surface area contributed by atoms with E-state index in [-0.39, 0.29) is 5.91 Å². The van der Waals surface area contributed by atoms with Crippen LogP contribution in [0.3, 0.4) is 0 Å². The molecule has 1 aliphatic heterocycles. The van der Waals surface area contributed by atoms with Crippen molar-refractivity contribution in [2.75, 3.05) is 13.1 Å². The van der Waals surface area contributed by atoms with Gasteiger partial charge in [0.25, 0.3) is 0 Å². The van der Waals surface area contributed by atoms with Crippen molar-refractivity contribution in [3.63, 3.8) is 0 Å². The van der Waals surface area contributed by atoms with Gasteiger partial charge in [0.2, 0.25) is 5.91 Å². The van der Waals surface area contributed by atoms with Gasteiger partial charge < -0.3 is 4.90 Å². The standard InChI is InChI=1S/C12H18N2O.C2H6/c1-9-6-14(7-10(9)2)11(15)12(8-13)4-3-5-12;1-2/h9-10H,3-7H2,1-2H3;1-2H3. The largest absolute Gasteiger partial charge is 0.341 e. The number of carbonyl (C=O) groups excluding carboxylic acids is 1. The zero-order valence-corrected chi connectivity index (χ0v) is 11.5. The molecule has 0 aromatic carbocycles. The molecule has 0 aromatic rings. The molecule has 0 N–H and O–H groups in total. The molecule has 2 rings (SSSR count). The van der Waals surface area contributed by atoms with Gasteiger partial charge in [-0.15, -0.1) is 0 Å². The monoisotopic (exact) mass is 236 g/mol. The first-order valence-electron chi connectivity index (χ1n) is 6.80.